The Morgan fingerprint density at radius 2 is 2.08 bits per heavy atom. The third kappa shape index (κ3) is 3.54. The van der Waals surface area contributed by atoms with Gasteiger partial charge in [-0.15, -0.1) is 0 Å². The van der Waals surface area contributed by atoms with E-state index < -0.39 is 10.0 Å². The summed E-state index contributed by atoms with van der Waals surface area (Å²) in [7, 11) is -3.53. The van der Waals surface area contributed by atoms with E-state index in [0.29, 0.717) is 11.4 Å². The molecule has 2 atom stereocenters. The average molecular weight is 376 g/mol. The number of amides is 1. The number of cyclic esters (lactones) is 1. The van der Waals surface area contributed by atoms with Crippen molar-refractivity contribution in [3.63, 3.8) is 0 Å². The fourth-order valence-corrected chi connectivity index (χ4v) is 4.71. The molecule has 0 fully saturated rings. The summed E-state index contributed by atoms with van der Waals surface area (Å²) in [4.78, 5) is 13.9. The number of fused-ring (bicyclic) bond motifs is 1. The van der Waals surface area contributed by atoms with Crippen LogP contribution >= 0.6 is 0 Å². The van der Waals surface area contributed by atoms with Crippen LogP contribution in [0.4, 0.5) is 10.5 Å². The number of anilines is 1. The number of allylic oxidation sites excluding steroid dienone is 4. The molecular weight excluding hydrogens is 352 g/mol. The summed E-state index contributed by atoms with van der Waals surface area (Å²) in [5.41, 5.74) is 2.53. The highest BCUT2D eigenvalue weighted by atomic mass is 32.2. The molecule has 1 aromatic carbocycles. The zero-order chi connectivity index (χ0) is 18.9. The highest BCUT2D eigenvalue weighted by molar-refractivity contribution is 7.93. The maximum atomic E-state index is 12.6. The quantitative estimate of drug-likeness (QED) is 0.851. The minimum Gasteiger partial charge on any atom is -0.441 e. The van der Waals surface area contributed by atoms with Gasteiger partial charge in [0, 0.05) is 18.7 Å². The van der Waals surface area contributed by atoms with E-state index in [2.05, 4.69) is 4.72 Å². The number of ether oxygens (including phenoxy) is 1. The molecule has 2 unspecified atom stereocenters. The van der Waals surface area contributed by atoms with E-state index in [1.54, 1.807) is 17.1 Å². The second-order valence-corrected chi connectivity index (χ2v) is 8.39. The van der Waals surface area contributed by atoms with Gasteiger partial charge >= 0.3 is 6.09 Å². The van der Waals surface area contributed by atoms with E-state index in [1.165, 1.54) is 0 Å². The summed E-state index contributed by atoms with van der Waals surface area (Å²) in [6, 6.07) is 5.59. The summed E-state index contributed by atoms with van der Waals surface area (Å²) < 4.78 is 33.2. The van der Waals surface area contributed by atoms with Crippen LogP contribution in [0.25, 0.3) is 0 Å². The van der Waals surface area contributed by atoms with Gasteiger partial charge in [0.15, 0.2) is 0 Å². The van der Waals surface area contributed by atoms with Gasteiger partial charge in [-0.3, -0.25) is 4.90 Å². The molecule has 26 heavy (non-hydrogen) atoms. The van der Waals surface area contributed by atoms with E-state index in [9.17, 15) is 13.2 Å². The summed E-state index contributed by atoms with van der Waals surface area (Å²) in [6.07, 6.45) is 5.42. The lowest BCUT2D eigenvalue weighted by atomic mass is 10.0. The Kier molecular flexibility index (Phi) is 5.20. The molecule has 0 radical (unpaired) electrons. The lowest BCUT2D eigenvalue weighted by Gasteiger charge is -2.32. The van der Waals surface area contributed by atoms with Crippen LogP contribution < -0.4 is 9.62 Å². The molecule has 1 aliphatic carbocycles. The zero-order valence-electron chi connectivity index (χ0n) is 15.2. The van der Waals surface area contributed by atoms with Crippen molar-refractivity contribution in [1.29, 1.82) is 0 Å². The Bertz CT molecular complexity index is 874. The second kappa shape index (κ2) is 7.25. The molecule has 0 saturated heterocycles. The Labute approximate surface area is 154 Å². The summed E-state index contributed by atoms with van der Waals surface area (Å²) in [5.74, 6) is -0.0291. The molecule has 1 aliphatic heterocycles. The smallest absolute Gasteiger partial charge is 0.414 e. The fraction of sp³-hybridized carbons (Fsp3) is 0.421. The van der Waals surface area contributed by atoms with Crippen molar-refractivity contribution in [2.45, 2.75) is 39.8 Å². The summed E-state index contributed by atoms with van der Waals surface area (Å²) in [5, 5.41) is 0. The van der Waals surface area contributed by atoms with Crippen molar-refractivity contribution in [1.82, 2.24) is 4.72 Å². The highest BCUT2D eigenvalue weighted by Crippen LogP contribution is 2.35. The Balaban J connectivity index is 1.80. The predicted octanol–water partition coefficient (Wildman–Crippen LogP) is 3.62. The van der Waals surface area contributed by atoms with Crippen LogP contribution in [0.2, 0.25) is 0 Å². The number of hydrogen-bond donors (Lipinski definition) is 1. The van der Waals surface area contributed by atoms with Gasteiger partial charge in [-0.2, -0.15) is 0 Å². The van der Waals surface area contributed by atoms with Crippen LogP contribution in [-0.4, -0.2) is 21.1 Å². The molecule has 1 N–H and O–H groups in total. The lowest BCUT2D eigenvalue weighted by Crippen LogP contribution is -2.36. The van der Waals surface area contributed by atoms with Gasteiger partial charge in [0.1, 0.15) is 6.10 Å². The number of nitrogens with zero attached hydrogens (tertiary/aromatic N) is 1. The molecule has 0 bridgehead atoms. The molecule has 7 heteroatoms. The van der Waals surface area contributed by atoms with E-state index in [4.69, 9.17) is 4.74 Å². The monoisotopic (exact) mass is 376 g/mol. The van der Waals surface area contributed by atoms with Crippen LogP contribution in [0, 0.1) is 5.92 Å². The average Bonchev–Trinajstić information content (AvgIpc) is 2.61. The molecule has 1 aromatic rings. The molecule has 3 rings (SSSR count). The molecule has 6 nitrogen and oxygen atoms in total. The Morgan fingerprint density at radius 3 is 2.77 bits per heavy atom. The molecular formula is C19H24N2O4S. The molecule has 0 spiro atoms. The fourth-order valence-electron chi connectivity index (χ4n) is 3.30. The number of rotatable bonds is 5. The van der Waals surface area contributed by atoms with Crippen molar-refractivity contribution in [2.24, 2.45) is 5.92 Å². The van der Waals surface area contributed by atoms with Gasteiger partial charge < -0.3 is 4.74 Å². The maximum absolute atomic E-state index is 12.6. The van der Waals surface area contributed by atoms with E-state index in [-0.39, 0.29) is 24.7 Å². The van der Waals surface area contributed by atoms with E-state index in [0.717, 1.165) is 23.2 Å². The molecule has 0 saturated carbocycles. The summed E-state index contributed by atoms with van der Waals surface area (Å²) in [6.45, 7) is 6.32. The van der Waals surface area contributed by atoms with Crippen LogP contribution in [0.3, 0.4) is 0 Å². The maximum Gasteiger partial charge on any atom is 0.414 e. The van der Waals surface area contributed by atoms with Crippen LogP contribution in [0.1, 0.15) is 44.4 Å². The summed E-state index contributed by atoms with van der Waals surface area (Å²) >= 11 is 0. The molecule has 0 aromatic heterocycles. The number of benzene rings is 1. The minimum atomic E-state index is -3.53. The van der Waals surface area contributed by atoms with Crippen molar-refractivity contribution in [3.8, 4) is 0 Å². The second-order valence-electron chi connectivity index (χ2n) is 6.62. The Morgan fingerprint density at radius 1 is 1.31 bits per heavy atom. The van der Waals surface area contributed by atoms with Crippen molar-refractivity contribution in [2.75, 3.05) is 11.4 Å². The van der Waals surface area contributed by atoms with Crippen LogP contribution in [0.15, 0.2) is 41.3 Å². The van der Waals surface area contributed by atoms with Gasteiger partial charge in [0.2, 0.25) is 10.0 Å². The largest absolute Gasteiger partial charge is 0.441 e. The van der Waals surface area contributed by atoms with Gasteiger partial charge in [-0.25, -0.2) is 17.9 Å². The molecule has 1 heterocycles. The normalized spacial score (nSPS) is 22.7. The first-order valence-electron chi connectivity index (χ1n) is 8.81. The third-order valence-corrected chi connectivity index (χ3v) is 6.47. The third-order valence-electron chi connectivity index (χ3n) is 4.78. The van der Waals surface area contributed by atoms with Crippen molar-refractivity contribution >= 4 is 21.8 Å². The predicted molar refractivity (Wildman–Crippen MR) is 101 cm³/mol. The van der Waals surface area contributed by atoms with Crippen LogP contribution in [0.5, 0.6) is 0 Å². The molecule has 1 amide bonds. The van der Waals surface area contributed by atoms with Gasteiger partial charge in [0.05, 0.1) is 10.6 Å². The SMILES string of the molecule is CCN1C(=O)OC(C)c2cc(CNS(=O)(=O)C3=CC=CCC3C)ccc21. The highest BCUT2D eigenvalue weighted by Gasteiger charge is 2.29. The number of carbonyl (C=O) groups is 1. The molecule has 140 valence electrons. The van der Waals surface area contributed by atoms with Gasteiger partial charge in [-0.05, 0) is 50.0 Å². The molecule has 2 aliphatic rings. The van der Waals surface area contributed by atoms with Gasteiger partial charge in [-0.1, -0.05) is 25.1 Å². The lowest BCUT2D eigenvalue weighted by molar-refractivity contribution is 0.108. The number of nitrogens with one attached hydrogen (secondary N) is 1. The zero-order valence-corrected chi connectivity index (χ0v) is 16.0. The van der Waals surface area contributed by atoms with Crippen molar-refractivity contribution < 1.29 is 17.9 Å². The van der Waals surface area contributed by atoms with Gasteiger partial charge in [0.25, 0.3) is 0 Å². The topological polar surface area (TPSA) is 75.7 Å². The first kappa shape index (κ1) is 18.7. The van der Waals surface area contributed by atoms with E-state index >= 15 is 0 Å². The number of sulfonamides is 1. The van der Waals surface area contributed by atoms with E-state index in [1.807, 2.05) is 45.0 Å². The first-order chi connectivity index (χ1) is 12.3. The van der Waals surface area contributed by atoms with Crippen LogP contribution in [-0.2, 0) is 21.3 Å². The number of hydrogen-bond acceptors (Lipinski definition) is 4. The van der Waals surface area contributed by atoms with Crippen molar-refractivity contribution in [3.05, 3.63) is 52.5 Å². The Hall–Kier alpha value is -2.12. The standard InChI is InChI=1S/C19H24N2O4S/c1-4-21-17-10-9-15(11-16(17)14(3)25-19(21)22)12-20-26(23,24)18-8-6-5-7-13(18)2/h5-6,8-11,13-14,20H,4,7,12H2,1-3H3. The number of carbonyl (C=O) groups excluding carboxylic acids is 1. The first-order valence-corrected chi connectivity index (χ1v) is 10.3. The minimum absolute atomic E-state index is 0.0291.